The number of hydrogen-bond acceptors (Lipinski definition) is 4. The van der Waals surface area contributed by atoms with E-state index in [-0.39, 0.29) is 11.8 Å². The van der Waals surface area contributed by atoms with Crippen molar-refractivity contribution < 1.29 is 9.59 Å². The van der Waals surface area contributed by atoms with Crippen molar-refractivity contribution in [3.05, 3.63) is 16.6 Å². The lowest BCUT2D eigenvalue weighted by molar-refractivity contribution is -0.161. The molecule has 6 heteroatoms. The molecule has 1 saturated heterocycles. The van der Waals surface area contributed by atoms with Gasteiger partial charge in [-0.15, -0.1) is 11.3 Å². The molecule has 1 aromatic heterocycles. The largest absolute Gasteiger partial charge is 0.340 e. The number of nitrogens with one attached hydrogen (secondary N) is 1. The average Bonchev–Trinajstić information content (AvgIpc) is 2.85. The number of aromatic nitrogens is 1. The van der Waals surface area contributed by atoms with Gasteiger partial charge in [-0.2, -0.15) is 0 Å². The van der Waals surface area contributed by atoms with E-state index in [0.717, 1.165) is 4.88 Å². The lowest BCUT2D eigenvalue weighted by Gasteiger charge is -2.48. The molecular formula is C13H19N3O2S. The highest BCUT2D eigenvalue weighted by Crippen LogP contribution is 2.31. The number of amides is 2. The van der Waals surface area contributed by atoms with Crippen LogP contribution in [0.4, 0.5) is 0 Å². The van der Waals surface area contributed by atoms with Crippen LogP contribution in [0.25, 0.3) is 0 Å². The van der Waals surface area contributed by atoms with E-state index in [9.17, 15) is 9.59 Å². The monoisotopic (exact) mass is 281 g/mol. The third-order valence-corrected chi connectivity index (χ3v) is 4.54. The van der Waals surface area contributed by atoms with Gasteiger partial charge in [-0.05, 0) is 27.2 Å². The minimum absolute atomic E-state index is 0.0511. The Kier molecular flexibility index (Phi) is 3.38. The van der Waals surface area contributed by atoms with Gasteiger partial charge in [0.2, 0.25) is 11.8 Å². The Hall–Kier alpha value is -1.43. The summed E-state index contributed by atoms with van der Waals surface area (Å²) in [5.41, 5.74) is 0.0886. The highest BCUT2D eigenvalue weighted by molar-refractivity contribution is 7.09. The number of hydrogen-bond donors (Lipinski definition) is 1. The first kappa shape index (κ1) is 14.0. The van der Waals surface area contributed by atoms with Crippen molar-refractivity contribution in [1.82, 2.24) is 15.2 Å². The number of carbonyl (C=O) groups excluding carboxylic acids is 2. The molecule has 0 aliphatic carbocycles. The van der Waals surface area contributed by atoms with Gasteiger partial charge in [0.1, 0.15) is 11.1 Å². The Bertz CT molecular complexity index is 498. The van der Waals surface area contributed by atoms with Crippen LogP contribution in [0.2, 0.25) is 0 Å². The van der Waals surface area contributed by atoms with Crippen LogP contribution in [0, 0.1) is 0 Å². The van der Waals surface area contributed by atoms with Crippen LogP contribution in [0.5, 0.6) is 0 Å². The van der Waals surface area contributed by atoms with Crippen LogP contribution in [0.3, 0.4) is 0 Å². The first-order valence-corrected chi connectivity index (χ1v) is 7.21. The third kappa shape index (κ3) is 2.25. The van der Waals surface area contributed by atoms with Gasteiger partial charge >= 0.3 is 0 Å². The molecule has 0 aromatic carbocycles. The standard InChI is InChI=1S/C13H19N3O2S/c1-5-13(4)10(17)15-12(2,3)11(18)16(13)7-9-6-14-8-19-9/h6,8H,5,7H2,1-4H3,(H,15,17). The topological polar surface area (TPSA) is 62.3 Å². The summed E-state index contributed by atoms with van der Waals surface area (Å²) in [5.74, 6) is -0.144. The zero-order valence-electron chi connectivity index (χ0n) is 11.7. The second kappa shape index (κ2) is 4.59. The van der Waals surface area contributed by atoms with Crippen molar-refractivity contribution in [3.8, 4) is 0 Å². The third-order valence-electron chi connectivity index (χ3n) is 3.78. The van der Waals surface area contributed by atoms with Crippen molar-refractivity contribution in [1.29, 1.82) is 0 Å². The van der Waals surface area contributed by atoms with E-state index < -0.39 is 11.1 Å². The molecule has 1 aliphatic heterocycles. The molecule has 2 heterocycles. The average molecular weight is 281 g/mol. The molecule has 1 N–H and O–H groups in total. The molecule has 19 heavy (non-hydrogen) atoms. The van der Waals surface area contributed by atoms with Gasteiger partial charge in [0.25, 0.3) is 0 Å². The van der Waals surface area contributed by atoms with E-state index in [4.69, 9.17) is 0 Å². The fraction of sp³-hybridized carbons (Fsp3) is 0.615. The molecule has 5 nitrogen and oxygen atoms in total. The molecule has 2 rings (SSSR count). The zero-order valence-corrected chi connectivity index (χ0v) is 12.5. The summed E-state index contributed by atoms with van der Waals surface area (Å²) in [5, 5.41) is 2.81. The van der Waals surface area contributed by atoms with Gasteiger partial charge in [0.05, 0.1) is 12.1 Å². The minimum Gasteiger partial charge on any atom is -0.340 e. The fourth-order valence-electron chi connectivity index (χ4n) is 2.23. The van der Waals surface area contributed by atoms with Crippen LogP contribution in [-0.2, 0) is 16.1 Å². The summed E-state index contributed by atoms with van der Waals surface area (Å²) < 4.78 is 0. The van der Waals surface area contributed by atoms with E-state index in [1.165, 1.54) is 11.3 Å². The van der Waals surface area contributed by atoms with Crippen LogP contribution >= 0.6 is 11.3 Å². The molecule has 0 saturated carbocycles. The summed E-state index contributed by atoms with van der Waals surface area (Å²) in [4.78, 5) is 31.6. The summed E-state index contributed by atoms with van der Waals surface area (Å²) in [6.45, 7) is 7.65. The fourth-order valence-corrected chi connectivity index (χ4v) is 2.81. The molecule has 0 bridgehead atoms. The Balaban J connectivity index is 2.38. The molecule has 1 atom stereocenters. The van der Waals surface area contributed by atoms with Gasteiger partial charge in [-0.1, -0.05) is 6.92 Å². The zero-order chi connectivity index (χ0) is 14.3. The Morgan fingerprint density at radius 2 is 2.05 bits per heavy atom. The van der Waals surface area contributed by atoms with Crippen LogP contribution in [0.15, 0.2) is 11.7 Å². The molecular weight excluding hydrogens is 262 g/mol. The van der Waals surface area contributed by atoms with E-state index in [2.05, 4.69) is 10.3 Å². The highest BCUT2D eigenvalue weighted by Gasteiger charge is 2.51. The van der Waals surface area contributed by atoms with E-state index in [0.29, 0.717) is 13.0 Å². The summed E-state index contributed by atoms with van der Waals surface area (Å²) in [6, 6.07) is 0. The smallest absolute Gasteiger partial charge is 0.248 e. The Morgan fingerprint density at radius 3 is 2.58 bits per heavy atom. The number of piperazine rings is 1. The van der Waals surface area contributed by atoms with Crippen molar-refractivity contribution in [2.24, 2.45) is 0 Å². The number of nitrogens with zero attached hydrogens (tertiary/aromatic N) is 2. The summed E-state index contributed by atoms with van der Waals surface area (Å²) in [6.07, 6.45) is 2.33. The van der Waals surface area contributed by atoms with Gasteiger partial charge in [-0.3, -0.25) is 14.6 Å². The van der Waals surface area contributed by atoms with E-state index in [1.54, 1.807) is 30.5 Å². The maximum absolute atomic E-state index is 12.6. The molecule has 1 aromatic rings. The van der Waals surface area contributed by atoms with Crippen LogP contribution in [0.1, 0.15) is 39.0 Å². The maximum Gasteiger partial charge on any atom is 0.248 e. The number of rotatable bonds is 3. The van der Waals surface area contributed by atoms with Crippen molar-refractivity contribution >= 4 is 23.2 Å². The predicted molar refractivity (Wildman–Crippen MR) is 73.6 cm³/mol. The van der Waals surface area contributed by atoms with Gasteiger partial charge in [-0.25, -0.2) is 0 Å². The first-order chi connectivity index (χ1) is 8.81. The highest BCUT2D eigenvalue weighted by atomic mass is 32.1. The van der Waals surface area contributed by atoms with Crippen molar-refractivity contribution in [3.63, 3.8) is 0 Å². The Morgan fingerprint density at radius 1 is 1.37 bits per heavy atom. The van der Waals surface area contributed by atoms with Gasteiger partial charge in [0, 0.05) is 11.1 Å². The minimum atomic E-state index is -0.851. The summed E-state index contributed by atoms with van der Waals surface area (Å²) >= 11 is 1.49. The maximum atomic E-state index is 12.6. The van der Waals surface area contributed by atoms with E-state index >= 15 is 0 Å². The quantitative estimate of drug-likeness (QED) is 0.914. The molecule has 1 aliphatic rings. The predicted octanol–water partition coefficient (Wildman–Crippen LogP) is 1.55. The second-order valence-corrected chi connectivity index (χ2v) is 6.54. The van der Waals surface area contributed by atoms with E-state index in [1.807, 2.05) is 13.8 Å². The van der Waals surface area contributed by atoms with Crippen LogP contribution in [-0.4, -0.2) is 32.8 Å². The molecule has 1 fully saturated rings. The molecule has 1 unspecified atom stereocenters. The lowest BCUT2D eigenvalue weighted by atomic mass is 9.86. The second-order valence-electron chi connectivity index (χ2n) is 5.57. The normalized spacial score (nSPS) is 26.4. The molecule has 0 radical (unpaired) electrons. The number of carbonyl (C=O) groups is 2. The molecule has 104 valence electrons. The first-order valence-electron chi connectivity index (χ1n) is 6.33. The van der Waals surface area contributed by atoms with Crippen molar-refractivity contribution in [2.75, 3.05) is 0 Å². The molecule has 0 spiro atoms. The Labute approximate surface area is 117 Å². The number of thiazole rings is 1. The van der Waals surface area contributed by atoms with Crippen molar-refractivity contribution in [2.45, 2.75) is 51.7 Å². The SMILES string of the molecule is CCC1(C)C(=O)NC(C)(C)C(=O)N1Cc1cncs1. The van der Waals surface area contributed by atoms with Gasteiger partial charge < -0.3 is 10.2 Å². The van der Waals surface area contributed by atoms with Crippen LogP contribution < -0.4 is 5.32 Å². The summed E-state index contributed by atoms with van der Waals surface area (Å²) in [7, 11) is 0. The van der Waals surface area contributed by atoms with Gasteiger partial charge in [0.15, 0.2) is 0 Å². The lowest BCUT2D eigenvalue weighted by Crippen LogP contribution is -2.72. The molecule has 2 amide bonds.